The Morgan fingerprint density at radius 3 is 2.46 bits per heavy atom. The summed E-state index contributed by atoms with van der Waals surface area (Å²) < 4.78 is 36.7. The summed E-state index contributed by atoms with van der Waals surface area (Å²) in [6, 6.07) is 21.1. The summed E-state index contributed by atoms with van der Waals surface area (Å²) in [5.41, 5.74) is 1.13. The van der Waals surface area contributed by atoms with Crippen LogP contribution in [-0.2, 0) is 14.9 Å². The average molecular weight is 492 g/mol. The fourth-order valence-corrected chi connectivity index (χ4v) is 4.27. The van der Waals surface area contributed by atoms with Crippen molar-refractivity contribution in [1.82, 2.24) is 4.47 Å². The number of esters is 1. The average Bonchev–Trinajstić information content (AvgIpc) is 3.32. The monoisotopic (exact) mass is 491 g/mol. The Bertz CT molecular complexity index is 1500. The molecule has 178 valence electrons. The number of rotatable bonds is 8. The molecule has 0 aliphatic heterocycles. The number of hydroxylamine groups is 1. The molecule has 8 nitrogen and oxygen atoms in total. The van der Waals surface area contributed by atoms with Crippen molar-refractivity contribution in [2.75, 3.05) is 14.2 Å². The second-order valence-electron chi connectivity index (χ2n) is 7.40. The quantitative estimate of drug-likeness (QED) is 0.115. The predicted octanol–water partition coefficient (Wildman–Crippen LogP) is 4.73. The zero-order valence-corrected chi connectivity index (χ0v) is 19.7. The van der Waals surface area contributed by atoms with Crippen LogP contribution >= 0.6 is 0 Å². The van der Waals surface area contributed by atoms with Crippen LogP contribution in [0.5, 0.6) is 5.75 Å². The first-order valence-corrected chi connectivity index (χ1v) is 11.9. The van der Waals surface area contributed by atoms with E-state index in [1.165, 1.54) is 50.6 Å². The molecule has 0 amide bonds. The van der Waals surface area contributed by atoms with Crippen molar-refractivity contribution in [1.29, 1.82) is 0 Å². The maximum Gasteiger partial charge on any atom is 0.343 e. The highest BCUT2D eigenvalue weighted by Crippen LogP contribution is 2.24. The minimum atomic E-state index is -3.93. The van der Waals surface area contributed by atoms with Crippen LogP contribution in [0, 0.1) is 0 Å². The number of benzene rings is 3. The third kappa shape index (κ3) is 5.22. The molecule has 0 aliphatic rings. The van der Waals surface area contributed by atoms with Gasteiger partial charge in [0, 0.05) is 18.0 Å². The smallest absolute Gasteiger partial charge is 0.343 e. The molecule has 1 heterocycles. The van der Waals surface area contributed by atoms with Crippen LogP contribution in [0.2, 0.25) is 0 Å². The van der Waals surface area contributed by atoms with Crippen LogP contribution in [0.1, 0.15) is 26.5 Å². The molecule has 9 heteroatoms. The molecule has 35 heavy (non-hydrogen) atoms. The molecule has 4 aromatic rings. The first-order valence-electron chi connectivity index (χ1n) is 10.4. The van der Waals surface area contributed by atoms with E-state index in [9.17, 15) is 18.0 Å². The largest absolute Gasteiger partial charge is 0.453 e. The van der Waals surface area contributed by atoms with E-state index in [0.717, 1.165) is 5.39 Å². The van der Waals surface area contributed by atoms with Crippen molar-refractivity contribution in [2.24, 2.45) is 0 Å². The van der Waals surface area contributed by atoms with E-state index in [4.69, 9.17) is 14.0 Å². The Morgan fingerprint density at radius 1 is 0.943 bits per heavy atom. The van der Waals surface area contributed by atoms with Gasteiger partial charge in [0.25, 0.3) is 10.0 Å². The van der Waals surface area contributed by atoms with E-state index in [2.05, 4.69) is 0 Å². The Morgan fingerprint density at radius 2 is 1.69 bits per heavy atom. The standard InChI is InChI=1S/C26H21NO7S/c1-27(32-2)35(30,31)21-11-7-10-20(16-21)26(29)34-23-12-5-3-8-18(23)14-15-22(28)25-17-19-9-4-6-13-24(19)33-25/h3-17H,1-2H3. The summed E-state index contributed by atoms with van der Waals surface area (Å²) in [5, 5.41) is 0.819. The Kier molecular flexibility index (Phi) is 6.92. The van der Waals surface area contributed by atoms with Crippen LogP contribution in [-0.4, -0.2) is 38.8 Å². The fourth-order valence-electron chi connectivity index (χ4n) is 3.25. The molecule has 1 aromatic heterocycles. The lowest BCUT2D eigenvalue weighted by Gasteiger charge is -2.14. The van der Waals surface area contributed by atoms with Gasteiger partial charge in [-0.1, -0.05) is 46.9 Å². The van der Waals surface area contributed by atoms with Crippen molar-refractivity contribution in [3.8, 4) is 5.75 Å². The van der Waals surface area contributed by atoms with Gasteiger partial charge in [0.05, 0.1) is 17.6 Å². The molecule has 0 saturated heterocycles. The molecule has 0 spiro atoms. The number of furan rings is 1. The highest BCUT2D eigenvalue weighted by atomic mass is 32.2. The molecular weight excluding hydrogens is 470 g/mol. The minimum Gasteiger partial charge on any atom is -0.453 e. The zero-order valence-electron chi connectivity index (χ0n) is 18.9. The molecule has 0 unspecified atom stereocenters. The van der Waals surface area contributed by atoms with Gasteiger partial charge < -0.3 is 9.15 Å². The van der Waals surface area contributed by atoms with Gasteiger partial charge in [-0.05, 0) is 48.6 Å². The van der Waals surface area contributed by atoms with Gasteiger partial charge in [-0.25, -0.2) is 13.2 Å². The number of carbonyl (C=O) groups is 2. The molecular formula is C26H21NO7S. The summed E-state index contributed by atoms with van der Waals surface area (Å²) in [6.07, 6.45) is 2.85. The number of hydrogen-bond donors (Lipinski definition) is 0. The molecule has 3 aromatic carbocycles. The minimum absolute atomic E-state index is 0.0349. The highest BCUT2D eigenvalue weighted by Gasteiger charge is 2.22. The summed E-state index contributed by atoms with van der Waals surface area (Å²) in [7, 11) is -1.47. The second kappa shape index (κ2) is 10.1. The molecule has 4 rings (SSSR count). The van der Waals surface area contributed by atoms with Gasteiger partial charge in [0.2, 0.25) is 5.78 Å². The fraction of sp³-hybridized carbons (Fsp3) is 0.0769. The lowest BCUT2D eigenvalue weighted by molar-refractivity contribution is -0.0258. The molecule has 0 aliphatic carbocycles. The van der Waals surface area contributed by atoms with Crippen LogP contribution < -0.4 is 4.74 Å². The number of fused-ring (bicyclic) bond motifs is 1. The van der Waals surface area contributed by atoms with E-state index < -0.39 is 16.0 Å². The number of nitrogens with zero attached hydrogens (tertiary/aromatic N) is 1. The number of ketones is 1. The van der Waals surface area contributed by atoms with Crippen LogP contribution in [0.3, 0.4) is 0 Å². The van der Waals surface area contributed by atoms with Crippen LogP contribution in [0.25, 0.3) is 17.0 Å². The summed E-state index contributed by atoms with van der Waals surface area (Å²) in [4.78, 5) is 30.0. The number of allylic oxidation sites excluding steroid dienone is 1. The van der Waals surface area contributed by atoms with Gasteiger partial charge in [-0.2, -0.15) is 0 Å². The van der Waals surface area contributed by atoms with Crippen molar-refractivity contribution >= 4 is 38.8 Å². The van der Waals surface area contributed by atoms with Gasteiger partial charge in [-0.3, -0.25) is 9.63 Å². The van der Waals surface area contributed by atoms with Crippen molar-refractivity contribution < 1.29 is 32.0 Å². The summed E-state index contributed by atoms with van der Waals surface area (Å²) >= 11 is 0. The summed E-state index contributed by atoms with van der Waals surface area (Å²) in [5.74, 6) is -0.710. The van der Waals surface area contributed by atoms with Crippen LogP contribution in [0.15, 0.2) is 94.3 Å². The van der Waals surface area contributed by atoms with E-state index >= 15 is 0 Å². The number of carbonyl (C=O) groups excluding carboxylic acids is 2. The third-order valence-corrected chi connectivity index (χ3v) is 6.84. The number of ether oxygens (including phenoxy) is 1. The lowest BCUT2D eigenvalue weighted by atomic mass is 10.1. The molecule has 0 radical (unpaired) electrons. The lowest BCUT2D eigenvalue weighted by Crippen LogP contribution is -2.26. The zero-order chi connectivity index (χ0) is 25.0. The van der Waals surface area contributed by atoms with E-state index in [1.54, 1.807) is 36.4 Å². The van der Waals surface area contributed by atoms with Gasteiger partial charge in [0.1, 0.15) is 11.3 Å². The maximum absolute atomic E-state index is 12.8. The van der Waals surface area contributed by atoms with E-state index in [1.807, 2.05) is 18.2 Å². The molecule has 0 bridgehead atoms. The predicted molar refractivity (Wildman–Crippen MR) is 129 cm³/mol. The Labute approximate surface area is 202 Å². The van der Waals surface area contributed by atoms with Gasteiger partial charge in [0.15, 0.2) is 5.76 Å². The van der Waals surface area contributed by atoms with Crippen molar-refractivity contribution in [3.05, 3.63) is 102 Å². The number of hydrogen-bond acceptors (Lipinski definition) is 7. The highest BCUT2D eigenvalue weighted by molar-refractivity contribution is 7.89. The SMILES string of the molecule is CON(C)S(=O)(=O)c1cccc(C(=O)Oc2ccccc2C=CC(=O)c2cc3ccccc3o2)c1. The van der Waals surface area contributed by atoms with Crippen molar-refractivity contribution in [2.45, 2.75) is 4.90 Å². The first kappa shape index (κ1) is 24.1. The van der Waals surface area contributed by atoms with Crippen LogP contribution in [0.4, 0.5) is 0 Å². The van der Waals surface area contributed by atoms with Gasteiger partial charge >= 0.3 is 5.97 Å². The van der Waals surface area contributed by atoms with E-state index in [-0.39, 0.29) is 27.8 Å². The number of para-hydroxylation sites is 2. The first-order chi connectivity index (χ1) is 16.8. The summed E-state index contributed by atoms with van der Waals surface area (Å²) in [6.45, 7) is 0. The molecule has 0 fully saturated rings. The maximum atomic E-state index is 12.8. The number of sulfonamides is 1. The van der Waals surface area contributed by atoms with E-state index in [0.29, 0.717) is 15.6 Å². The van der Waals surface area contributed by atoms with Crippen molar-refractivity contribution in [3.63, 3.8) is 0 Å². The Hall–Kier alpha value is -4.05. The molecule has 0 saturated carbocycles. The normalized spacial score (nSPS) is 11.9. The van der Waals surface area contributed by atoms with Gasteiger partial charge in [-0.15, -0.1) is 0 Å². The molecule has 0 atom stereocenters. The topological polar surface area (TPSA) is 103 Å². The Balaban J connectivity index is 1.54. The third-order valence-electron chi connectivity index (χ3n) is 5.17. The molecule has 0 N–H and O–H groups in total. The second-order valence-corrected chi connectivity index (χ2v) is 9.33.